The molecule has 0 radical (unpaired) electrons. The van der Waals surface area contributed by atoms with Crippen molar-refractivity contribution in [1.82, 2.24) is 5.32 Å². The third kappa shape index (κ3) is 4.17. The van der Waals surface area contributed by atoms with Crippen LogP contribution in [0.2, 0.25) is 0 Å². The molecular weight excluding hydrogens is 380 g/mol. The van der Waals surface area contributed by atoms with Gasteiger partial charge in [0.15, 0.2) is 11.5 Å². The fourth-order valence-electron chi connectivity index (χ4n) is 2.75. The number of nitrogens with one attached hydrogen (secondary N) is 2. The van der Waals surface area contributed by atoms with Crippen LogP contribution in [0.15, 0.2) is 53.1 Å². The van der Waals surface area contributed by atoms with E-state index in [0.717, 1.165) is 15.5 Å². The highest BCUT2D eigenvalue weighted by molar-refractivity contribution is 7.15. The smallest absolute Gasteiger partial charge is 0.313 e. The third-order valence-electron chi connectivity index (χ3n) is 4.09. The summed E-state index contributed by atoms with van der Waals surface area (Å²) < 4.78 is 16.3. The fourth-order valence-corrected chi connectivity index (χ4v) is 3.73. The summed E-state index contributed by atoms with van der Waals surface area (Å²) in [4.78, 5) is 26.2. The normalized spacial score (nSPS) is 12.4. The molecule has 0 bridgehead atoms. The molecule has 2 aromatic heterocycles. The highest BCUT2D eigenvalue weighted by Crippen LogP contribution is 2.32. The number of hydrogen-bond acceptors (Lipinski definition) is 6. The van der Waals surface area contributed by atoms with Crippen molar-refractivity contribution >= 4 is 28.8 Å². The van der Waals surface area contributed by atoms with E-state index in [-0.39, 0.29) is 0 Å². The summed E-state index contributed by atoms with van der Waals surface area (Å²) >= 11 is 1.59. The highest BCUT2D eigenvalue weighted by atomic mass is 32.1. The zero-order chi connectivity index (χ0) is 19.3. The highest BCUT2D eigenvalue weighted by Gasteiger charge is 2.16. The number of benzene rings is 1. The number of anilines is 1. The first-order chi connectivity index (χ1) is 13.7. The SMILES string of the molecule is O=C(NCCc1ccc(-c2ccco2)s1)C(=O)Nc1ccc2c(c1)OCCO2. The van der Waals surface area contributed by atoms with Gasteiger partial charge in [-0.15, -0.1) is 11.3 Å². The summed E-state index contributed by atoms with van der Waals surface area (Å²) in [5, 5.41) is 5.20. The lowest BCUT2D eigenvalue weighted by molar-refractivity contribution is -0.136. The van der Waals surface area contributed by atoms with Gasteiger partial charge in [0.25, 0.3) is 0 Å². The molecule has 1 aliphatic heterocycles. The molecule has 0 saturated heterocycles. The van der Waals surface area contributed by atoms with Gasteiger partial charge in [-0.1, -0.05) is 0 Å². The Hall–Kier alpha value is -3.26. The Morgan fingerprint density at radius 3 is 2.68 bits per heavy atom. The lowest BCUT2D eigenvalue weighted by Gasteiger charge is -2.18. The fraction of sp³-hybridized carbons (Fsp3) is 0.200. The molecule has 144 valence electrons. The Morgan fingerprint density at radius 2 is 1.86 bits per heavy atom. The first-order valence-corrected chi connectivity index (χ1v) is 9.62. The number of rotatable bonds is 5. The van der Waals surface area contributed by atoms with E-state index >= 15 is 0 Å². The molecule has 1 aliphatic rings. The van der Waals surface area contributed by atoms with Gasteiger partial charge in [-0.25, -0.2) is 0 Å². The topological polar surface area (TPSA) is 89.8 Å². The van der Waals surface area contributed by atoms with Crippen LogP contribution >= 0.6 is 11.3 Å². The van der Waals surface area contributed by atoms with Gasteiger partial charge in [-0.05, 0) is 42.8 Å². The molecule has 7 nitrogen and oxygen atoms in total. The molecule has 2 amide bonds. The summed E-state index contributed by atoms with van der Waals surface area (Å²) in [6, 6.07) is 12.7. The number of furan rings is 1. The van der Waals surface area contributed by atoms with Crippen LogP contribution in [-0.4, -0.2) is 31.6 Å². The van der Waals surface area contributed by atoms with Gasteiger partial charge >= 0.3 is 11.8 Å². The standard InChI is InChI=1S/C20H18N2O5S/c23-19(20(24)22-13-3-5-15-17(12-13)27-11-10-26-15)21-8-7-14-4-6-18(28-14)16-2-1-9-25-16/h1-6,9,12H,7-8,10-11H2,(H,21,23)(H,22,24). The minimum absolute atomic E-state index is 0.367. The first kappa shape index (κ1) is 18.1. The van der Waals surface area contributed by atoms with Gasteiger partial charge in [0.05, 0.1) is 11.1 Å². The van der Waals surface area contributed by atoms with E-state index in [1.54, 1.807) is 35.8 Å². The van der Waals surface area contributed by atoms with E-state index in [1.807, 2.05) is 24.3 Å². The van der Waals surface area contributed by atoms with Crippen LogP contribution in [0, 0.1) is 0 Å². The average molecular weight is 398 g/mol. The van der Waals surface area contributed by atoms with Crippen LogP contribution in [0.1, 0.15) is 4.88 Å². The second-order valence-electron chi connectivity index (χ2n) is 6.06. The monoisotopic (exact) mass is 398 g/mol. The Labute approximate surface area is 165 Å². The predicted molar refractivity (Wildman–Crippen MR) is 105 cm³/mol. The van der Waals surface area contributed by atoms with E-state index in [1.165, 1.54) is 0 Å². The summed E-state index contributed by atoms with van der Waals surface area (Å²) in [5.74, 6) is 0.587. The second-order valence-corrected chi connectivity index (χ2v) is 7.23. The predicted octanol–water partition coefficient (Wildman–Crippen LogP) is 3.08. The number of fused-ring (bicyclic) bond motifs is 1. The van der Waals surface area contributed by atoms with Crippen molar-refractivity contribution in [2.24, 2.45) is 0 Å². The Morgan fingerprint density at radius 1 is 1.00 bits per heavy atom. The van der Waals surface area contributed by atoms with E-state index in [9.17, 15) is 9.59 Å². The van der Waals surface area contributed by atoms with E-state index in [2.05, 4.69) is 10.6 Å². The maximum Gasteiger partial charge on any atom is 0.313 e. The van der Waals surface area contributed by atoms with Gasteiger partial charge in [0, 0.05) is 23.2 Å². The minimum atomic E-state index is -0.723. The molecule has 0 spiro atoms. The van der Waals surface area contributed by atoms with Crippen LogP contribution in [0.25, 0.3) is 10.6 Å². The van der Waals surface area contributed by atoms with Gasteiger partial charge in [0.1, 0.15) is 19.0 Å². The second kappa shape index (κ2) is 8.18. The summed E-state index contributed by atoms with van der Waals surface area (Å²) in [5.41, 5.74) is 0.478. The zero-order valence-electron chi connectivity index (χ0n) is 14.9. The number of carbonyl (C=O) groups is 2. The molecule has 0 saturated carbocycles. The van der Waals surface area contributed by atoms with E-state index < -0.39 is 11.8 Å². The first-order valence-electron chi connectivity index (χ1n) is 8.80. The largest absolute Gasteiger partial charge is 0.486 e. The van der Waals surface area contributed by atoms with Crippen molar-refractivity contribution in [2.75, 3.05) is 25.1 Å². The van der Waals surface area contributed by atoms with Crippen molar-refractivity contribution in [3.63, 3.8) is 0 Å². The molecule has 0 fully saturated rings. The molecule has 28 heavy (non-hydrogen) atoms. The van der Waals surface area contributed by atoms with Gasteiger partial charge in [0.2, 0.25) is 0 Å². The van der Waals surface area contributed by atoms with Crippen molar-refractivity contribution < 1.29 is 23.5 Å². The molecule has 3 heterocycles. The number of ether oxygens (including phenoxy) is 2. The molecule has 1 aromatic carbocycles. The minimum Gasteiger partial charge on any atom is -0.486 e. The quantitative estimate of drug-likeness (QED) is 0.645. The summed E-state index contributed by atoms with van der Waals surface area (Å²) in [6.45, 7) is 1.31. The molecule has 0 aliphatic carbocycles. The Kier molecular flexibility index (Phi) is 5.29. The van der Waals surface area contributed by atoms with E-state index in [0.29, 0.717) is 43.4 Å². The maximum atomic E-state index is 12.1. The van der Waals surface area contributed by atoms with Crippen LogP contribution < -0.4 is 20.1 Å². The zero-order valence-corrected chi connectivity index (χ0v) is 15.7. The molecule has 8 heteroatoms. The Balaban J connectivity index is 1.26. The van der Waals surface area contributed by atoms with Gasteiger partial charge in [-0.2, -0.15) is 0 Å². The van der Waals surface area contributed by atoms with Crippen molar-refractivity contribution in [3.8, 4) is 22.1 Å². The van der Waals surface area contributed by atoms with Crippen LogP contribution in [0.5, 0.6) is 11.5 Å². The number of hydrogen-bond donors (Lipinski definition) is 2. The van der Waals surface area contributed by atoms with Crippen LogP contribution in [-0.2, 0) is 16.0 Å². The lowest BCUT2D eigenvalue weighted by atomic mass is 10.2. The molecule has 0 atom stereocenters. The third-order valence-corrected chi connectivity index (χ3v) is 5.25. The molecular formula is C20H18N2O5S. The van der Waals surface area contributed by atoms with Gasteiger partial charge < -0.3 is 24.5 Å². The van der Waals surface area contributed by atoms with Crippen molar-refractivity contribution in [2.45, 2.75) is 6.42 Å². The molecule has 0 unspecified atom stereocenters. The van der Waals surface area contributed by atoms with Crippen LogP contribution in [0.4, 0.5) is 5.69 Å². The molecule has 3 aromatic rings. The molecule has 2 N–H and O–H groups in total. The number of carbonyl (C=O) groups excluding carboxylic acids is 2. The summed E-state index contributed by atoms with van der Waals surface area (Å²) in [6.07, 6.45) is 2.27. The lowest BCUT2D eigenvalue weighted by Crippen LogP contribution is -2.36. The van der Waals surface area contributed by atoms with Gasteiger partial charge in [-0.3, -0.25) is 9.59 Å². The number of thiophene rings is 1. The average Bonchev–Trinajstić information content (AvgIpc) is 3.39. The Bertz CT molecular complexity index is 980. The summed E-state index contributed by atoms with van der Waals surface area (Å²) in [7, 11) is 0. The van der Waals surface area contributed by atoms with E-state index in [4.69, 9.17) is 13.9 Å². The number of amides is 2. The van der Waals surface area contributed by atoms with Crippen molar-refractivity contribution in [3.05, 3.63) is 53.6 Å². The molecule has 4 rings (SSSR count). The van der Waals surface area contributed by atoms with Crippen LogP contribution in [0.3, 0.4) is 0 Å². The van der Waals surface area contributed by atoms with Crippen molar-refractivity contribution in [1.29, 1.82) is 0 Å². The maximum absolute atomic E-state index is 12.1.